The summed E-state index contributed by atoms with van der Waals surface area (Å²) in [4.78, 5) is 12.8. The number of carbonyl (C=O) groups is 1. The molecule has 0 radical (unpaired) electrons. The first-order valence-electron chi connectivity index (χ1n) is 6.07. The fourth-order valence-corrected chi connectivity index (χ4v) is 2.31. The lowest BCUT2D eigenvalue weighted by molar-refractivity contribution is -0.164. The van der Waals surface area contributed by atoms with E-state index in [0.717, 1.165) is 5.56 Å². The van der Waals surface area contributed by atoms with Gasteiger partial charge < -0.3 is 9.64 Å². The summed E-state index contributed by atoms with van der Waals surface area (Å²) < 4.78 is 42.8. The van der Waals surface area contributed by atoms with E-state index in [1.165, 1.54) is 0 Å². The maximum absolute atomic E-state index is 12.5. The fourth-order valence-electron chi connectivity index (χ4n) is 2.11. The minimum Gasteiger partial charge on any atom is -0.480 e. The largest absolute Gasteiger partial charge is 0.480 e. The predicted molar refractivity (Wildman–Crippen MR) is 67.9 cm³/mol. The van der Waals surface area contributed by atoms with Crippen molar-refractivity contribution in [3.8, 4) is 5.75 Å². The molecular formula is C13H13ClF3NO2. The van der Waals surface area contributed by atoms with E-state index in [-0.39, 0.29) is 18.8 Å². The number of halogens is 4. The highest BCUT2D eigenvalue weighted by atomic mass is 35.5. The summed E-state index contributed by atoms with van der Waals surface area (Å²) in [6.45, 7) is -1.47. The van der Waals surface area contributed by atoms with Crippen molar-refractivity contribution in [2.24, 2.45) is 0 Å². The molecule has 20 heavy (non-hydrogen) atoms. The normalized spacial score (nSPS) is 17.5. The molecule has 0 N–H and O–H groups in total. The molecule has 2 rings (SSSR count). The molecule has 0 aromatic heterocycles. The van der Waals surface area contributed by atoms with Gasteiger partial charge in [0.05, 0.1) is 0 Å². The number of benzene rings is 1. The Hall–Kier alpha value is -1.43. The van der Waals surface area contributed by atoms with Crippen LogP contribution in [0.3, 0.4) is 0 Å². The smallest absolute Gasteiger partial charge is 0.406 e. The molecule has 0 saturated heterocycles. The lowest BCUT2D eigenvalue weighted by Gasteiger charge is -2.25. The third-order valence-corrected chi connectivity index (χ3v) is 3.13. The molecule has 0 bridgehead atoms. The van der Waals surface area contributed by atoms with Crippen LogP contribution in [0.5, 0.6) is 5.75 Å². The highest BCUT2D eigenvalue weighted by Crippen LogP contribution is 2.29. The van der Waals surface area contributed by atoms with Crippen molar-refractivity contribution in [1.29, 1.82) is 0 Å². The molecule has 1 unspecified atom stereocenters. The van der Waals surface area contributed by atoms with Crippen molar-refractivity contribution in [2.75, 3.05) is 19.0 Å². The van der Waals surface area contributed by atoms with Crippen LogP contribution in [-0.2, 0) is 11.2 Å². The van der Waals surface area contributed by atoms with Crippen molar-refractivity contribution >= 4 is 17.5 Å². The average molecular weight is 308 g/mol. The van der Waals surface area contributed by atoms with Crippen molar-refractivity contribution in [3.05, 3.63) is 29.8 Å². The highest BCUT2D eigenvalue weighted by molar-refractivity contribution is 6.18. The molecule has 110 valence electrons. The molecule has 1 heterocycles. The number of hydrogen-bond acceptors (Lipinski definition) is 2. The first kappa shape index (κ1) is 15.0. The number of alkyl halides is 4. The molecule has 1 aromatic carbocycles. The van der Waals surface area contributed by atoms with Gasteiger partial charge >= 0.3 is 6.18 Å². The minimum absolute atomic E-state index is 0.0541. The number of amides is 1. The Morgan fingerprint density at radius 3 is 2.70 bits per heavy atom. The Bertz CT molecular complexity index is 468. The summed E-state index contributed by atoms with van der Waals surface area (Å²) in [6, 6.07) is 7.02. The molecule has 0 fully saturated rings. The van der Waals surface area contributed by atoms with Gasteiger partial charge in [-0.1, -0.05) is 18.2 Å². The number of rotatable bonds is 4. The van der Waals surface area contributed by atoms with Crippen LogP contribution in [-0.4, -0.2) is 42.1 Å². The molecule has 1 amide bonds. The van der Waals surface area contributed by atoms with Gasteiger partial charge in [-0.3, -0.25) is 4.79 Å². The Labute approximate surface area is 119 Å². The van der Waals surface area contributed by atoms with Crippen LogP contribution in [0.25, 0.3) is 0 Å². The monoisotopic (exact) mass is 307 g/mol. The summed E-state index contributed by atoms with van der Waals surface area (Å²) in [5, 5.41) is 0. The van der Waals surface area contributed by atoms with Crippen LogP contribution < -0.4 is 4.74 Å². The maximum atomic E-state index is 12.5. The molecular weight excluding hydrogens is 295 g/mol. The van der Waals surface area contributed by atoms with Gasteiger partial charge in [-0.25, -0.2) is 0 Å². The SMILES string of the molecule is O=C(C1Cc2ccccc2O1)N(CCCl)CC(F)(F)F. The Balaban J connectivity index is 2.06. The van der Waals surface area contributed by atoms with Crippen LogP contribution in [0.15, 0.2) is 24.3 Å². The van der Waals surface area contributed by atoms with Crippen molar-refractivity contribution < 1.29 is 22.7 Å². The van der Waals surface area contributed by atoms with E-state index in [2.05, 4.69) is 0 Å². The quantitative estimate of drug-likeness (QED) is 0.800. The van der Waals surface area contributed by atoms with Gasteiger partial charge in [-0.2, -0.15) is 13.2 Å². The van der Waals surface area contributed by atoms with E-state index in [1.807, 2.05) is 0 Å². The van der Waals surface area contributed by atoms with E-state index in [9.17, 15) is 18.0 Å². The second-order valence-electron chi connectivity index (χ2n) is 4.48. The summed E-state index contributed by atoms with van der Waals surface area (Å²) in [5.41, 5.74) is 0.823. The van der Waals surface area contributed by atoms with Gasteiger partial charge in [0.25, 0.3) is 5.91 Å². The lowest BCUT2D eigenvalue weighted by atomic mass is 10.1. The average Bonchev–Trinajstić information content (AvgIpc) is 2.79. The molecule has 1 aliphatic heterocycles. The Morgan fingerprint density at radius 1 is 1.40 bits per heavy atom. The molecule has 0 saturated carbocycles. The third kappa shape index (κ3) is 3.56. The summed E-state index contributed by atoms with van der Waals surface area (Å²) in [6.07, 6.45) is -5.07. The Morgan fingerprint density at radius 2 is 2.10 bits per heavy atom. The van der Waals surface area contributed by atoms with Gasteiger partial charge in [-0.05, 0) is 11.6 Å². The second kappa shape index (κ2) is 5.91. The third-order valence-electron chi connectivity index (χ3n) is 2.96. The van der Waals surface area contributed by atoms with E-state index in [0.29, 0.717) is 10.6 Å². The second-order valence-corrected chi connectivity index (χ2v) is 4.86. The number of nitrogens with zero attached hydrogens (tertiary/aromatic N) is 1. The summed E-state index contributed by atoms with van der Waals surface area (Å²) in [7, 11) is 0. The van der Waals surface area contributed by atoms with Crippen molar-refractivity contribution in [3.63, 3.8) is 0 Å². The Kier molecular flexibility index (Phi) is 4.42. The molecule has 1 aromatic rings. The maximum Gasteiger partial charge on any atom is 0.406 e. The molecule has 3 nitrogen and oxygen atoms in total. The van der Waals surface area contributed by atoms with Crippen molar-refractivity contribution in [1.82, 2.24) is 4.90 Å². The molecule has 0 aliphatic carbocycles. The van der Waals surface area contributed by atoms with Crippen LogP contribution in [0, 0.1) is 0 Å². The minimum atomic E-state index is -4.45. The van der Waals surface area contributed by atoms with Gasteiger partial charge in [-0.15, -0.1) is 11.6 Å². The summed E-state index contributed by atoms with van der Waals surface area (Å²) >= 11 is 5.46. The van der Waals surface area contributed by atoms with Gasteiger partial charge in [0, 0.05) is 18.8 Å². The number of fused-ring (bicyclic) bond motifs is 1. The predicted octanol–water partition coefficient (Wildman–Crippen LogP) is 2.62. The van der Waals surface area contributed by atoms with Gasteiger partial charge in [0.1, 0.15) is 12.3 Å². The van der Waals surface area contributed by atoms with Crippen LogP contribution in [0.2, 0.25) is 0 Å². The topological polar surface area (TPSA) is 29.5 Å². The summed E-state index contributed by atoms with van der Waals surface area (Å²) in [5.74, 6) is -0.190. The van der Waals surface area contributed by atoms with E-state index in [1.54, 1.807) is 24.3 Å². The van der Waals surface area contributed by atoms with E-state index >= 15 is 0 Å². The fraction of sp³-hybridized carbons (Fsp3) is 0.462. The molecule has 0 spiro atoms. The van der Waals surface area contributed by atoms with Crippen molar-refractivity contribution in [2.45, 2.75) is 18.7 Å². The standard InChI is InChI=1S/C13H13ClF3NO2/c14-5-6-18(8-13(15,16)17)12(19)11-7-9-3-1-2-4-10(9)20-11/h1-4,11H,5-8H2. The zero-order chi connectivity index (χ0) is 14.8. The highest BCUT2D eigenvalue weighted by Gasteiger charge is 2.37. The zero-order valence-corrected chi connectivity index (χ0v) is 11.2. The van der Waals surface area contributed by atoms with Gasteiger partial charge in [0.15, 0.2) is 6.10 Å². The molecule has 7 heteroatoms. The van der Waals surface area contributed by atoms with Crippen LogP contribution in [0.4, 0.5) is 13.2 Å². The number of ether oxygens (including phenoxy) is 1. The van der Waals surface area contributed by atoms with Crippen LogP contribution in [0.1, 0.15) is 5.56 Å². The first-order valence-corrected chi connectivity index (χ1v) is 6.60. The molecule has 1 atom stereocenters. The zero-order valence-electron chi connectivity index (χ0n) is 10.5. The lowest BCUT2D eigenvalue weighted by Crippen LogP contribution is -2.46. The first-order chi connectivity index (χ1) is 9.40. The molecule has 1 aliphatic rings. The van der Waals surface area contributed by atoms with E-state index in [4.69, 9.17) is 16.3 Å². The van der Waals surface area contributed by atoms with E-state index < -0.39 is 24.7 Å². The number of carbonyl (C=O) groups excluding carboxylic acids is 1. The van der Waals surface area contributed by atoms with Gasteiger partial charge in [0.2, 0.25) is 0 Å². The number of para-hydroxylation sites is 1. The van der Waals surface area contributed by atoms with Crippen LogP contribution >= 0.6 is 11.6 Å². The number of hydrogen-bond donors (Lipinski definition) is 0.